The van der Waals surface area contributed by atoms with Crippen molar-refractivity contribution in [1.29, 1.82) is 0 Å². The highest BCUT2D eigenvalue weighted by atomic mass is 32.2. The molecule has 0 bridgehead atoms. The number of amides is 2. The van der Waals surface area contributed by atoms with E-state index >= 15 is 0 Å². The molecular formula is C22H27N3O6S. The summed E-state index contributed by atoms with van der Waals surface area (Å²) in [7, 11) is -4.15. The average molecular weight is 462 g/mol. The summed E-state index contributed by atoms with van der Waals surface area (Å²) < 4.78 is 32.9. The maximum Gasteiger partial charge on any atom is 0.331 e. The number of unbranched alkanes of at least 4 members (excludes halogenated alkanes) is 2. The standard InChI is InChI=1S/C22H27N3O6S/c1-2-3-5-10-21(31-16-17-8-6-4-7-9-17)20-15-24(22(26)23-20)32(29,30)19-13-11-18(12-14-19)25(27)28/h4,6-9,11-14,20-21H,2-3,5,10,15-16H2,1H3,(H,23,26)/t20-,21+/m0/s1. The molecule has 9 nitrogen and oxygen atoms in total. The smallest absolute Gasteiger partial charge is 0.331 e. The van der Waals surface area contributed by atoms with E-state index in [0.29, 0.717) is 13.0 Å². The fourth-order valence-electron chi connectivity index (χ4n) is 3.60. The lowest BCUT2D eigenvalue weighted by Crippen LogP contribution is -2.39. The van der Waals surface area contributed by atoms with Gasteiger partial charge < -0.3 is 10.1 Å². The zero-order valence-corrected chi connectivity index (χ0v) is 18.7. The Balaban J connectivity index is 1.73. The van der Waals surface area contributed by atoms with Gasteiger partial charge in [-0.05, 0) is 24.1 Å². The van der Waals surface area contributed by atoms with Gasteiger partial charge in [0.1, 0.15) is 0 Å². The van der Waals surface area contributed by atoms with Crippen molar-refractivity contribution in [1.82, 2.24) is 9.62 Å². The number of nitrogens with one attached hydrogen (secondary N) is 1. The molecule has 1 aliphatic rings. The van der Waals surface area contributed by atoms with Crippen molar-refractivity contribution in [2.45, 2.75) is 56.3 Å². The Bertz CT molecular complexity index is 1030. The summed E-state index contributed by atoms with van der Waals surface area (Å²) in [5.74, 6) is 0. The normalized spacial score (nSPS) is 17.2. The third-order valence-electron chi connectivity index (χ3n) is 5.38. The minimum atomic E-state index is -4.15. The highest BCUT2D eigenvalue weighted by Crippen LogP contribution is 2.25. The lowest BCUT2D eigenvalue weighted by molar-refractivity contribution is -0.384. The van der Waals surface area contributed by atoms with Gasteiger partial charge in [0.2, 0.25) is 0 Å². The summed E-state index contributed by atoms with van der Waals surface area (Å²) in [6.07, 6.45) is 3.29. The number of urea groups is 1. The molecule has 1 saturated heterocycles. The second-order valence-electron chi connectivity index (χ2n) is 7.67. The van der Waals surface area contributed by atoms with Crippen LogP contribution in [-0.4, -0.2) is 42.4 Å². The van der Waals surface area contributed by atoms with E-state index in [-0.39, 0.29) is 23.2 Å². The molecular weight excluding hydrogens is 434 g/mol. The van der Waals surface area contributed by atoms with Crippen molar-refractivity contribution in [2.75, 3.05) is 6.54 Å². The topological polar surface area (TPSA) is 119 Å². The van der Waals surface area contributed by atoms with Crippen LogP contribution in [0.4, 0.5) is 10.5 Å². The Morgan fingerprint density at radius 3 is 2.47 bits per heavy atom. The van der Waals surface area contributed by atoms with E-state index in [0.717, 1.165) is 53.4 Å². The Hall–Kier alpha value is -2.98. The van der Waals surface area contributed by atoms with Gasteiger partial charge in [0.15, 0.2) is 0 Å². The molecule has 2 aromatic rings. The number of nitro groups is 1. The summed E-state index contributed by atoms with van der Waals surface area (Å²) >= 11 is 0. The second-order valence-corrected chi connectivity index (χ2v) is 9.54. The quantitative estimate of drug-likeness (QED) is 0.308. The molecule has 0 aromatic heterocycles. The van der Waals surface area contributed by atoms with E-state index in [2.05, 4.69) is 12.2 Å². The summed E-state index contributed by atoms with van der Waals surface area (Å²) in [5.41, 5.74) is 0.769. The van der Waals surface area contributed by atoms with Crippen LogP contribution in [0.2, 0.25) is 0 Å². The lowest BCUT2D eigenvalue weighted by atomic mass is 10.0. The van der Waals surface area contributed by atoms with Gasteiger partial charge in [-0.2, -0.15) is 0 Å². The van der Waals surface area contributed by atoms with Crippen molar-refractivity contribution < 1.29 is 22.9 Å². The first kappa shape index (κ1) is 23.7. The number of carbonyl (C=O) groups excluding carboxylic acids is 1. The zero-order chi connectivity index (χ0) is 23.1. The van der Waals surface area contributed by atoms with Gasteiger partial charge in [-0.15, -0.1) is 0 Å². The van der Waals surface area contributed by atoms with E-state index in [1.807, 2.05) is 30.3 Å². The van der Waals surface area contributed by atoms with E-state index in [1.165, 1.54) is 0 Å². The van der Waals surface area contributed by atoms with Gasteiger partial charge in [0.05, 0.1) is 35.1 Å². The van der Waals surface area contributed by atoms with Gasteiger partial charge >= 0.3 is 6.03 Å². The largest absolute Gasteiger partial charge is 0.371 e. The van der Waals surface area contributed by atoms with Crippen molar-refractivity contribution >= 4 is 21.7 Å². The fraction of sp³-hybridized carbons (Fsp3) is 0.409. The average Bonchev–Trinajstić information content (AvgIpc) is 3.19. The molecule has 10 heteroatoms. The number of sulfonamides is 1. The molecule has 1 N–H and O–H groups in total. The van der Waals surface area contributed by atoms with Crippen LogP contribution in [0.5, 0.6) is 0 Å². The van der Waals surface area contributed by atoms with Crippen molar-refractivity contribution in [3.05, 3.63) is 70.3 Å². The van der Waals surface area contributed by atoms with E-state index in [1.54, 1.807) is 0 Å². The molecule has 32 heavy (non-hydrogen) atoms. The summed E-state index contributed by atoms with van der Waals surface area (Å²) in [5, 5.41) is 13.6. The van der Waals surface area contributed by atoms with Crippen molar-refractivity contribution in [2.24, 2.45) is 0 Å². The Morgan fingerprint density at radius 1 is 1.16 bits per heavy atom. The van der Waals surface area contributed by atoms with Crippen LogP contribution >= 0.6 is 0 Å². The first-order chi connectivity index (χ1) is 15.3. The zero-order valence-electron chi connectivity index (χ0n) is 17.8. The first-order valence-corrected chi connectivity index (χ1v) is 12.0. The highest BCUT2D eigenvalue weighted by Gasteiger charge is 2.41. The number of hydrogen-bond acceptors (Lipinski definition) is 6. The van der Waals surface area contributed by atoms with E-state index in [4.69, 9.17) is 4.74 Å². The number of ether oxygens (including phenoxy) is 1. The molecule has 1 heterocycles. The van der Waals surface area contributed by atoms with Crippen LogP contribution in [0.15, 0.2) is 59.5 Å². The summed E-state index contributed by atoms with van der Waals surface area (Å²) in [4.78, 5) is 22.6. The molecule has 0 radical (unpaired) electrons. The Labute approximate surface area is 187 Å². The number of benzene rings is 2. The van der Waals surface area contributed by atoms with E-state index < -0.39 is 27.0 Å². The van der Waals surface area contributed by atoms with Crippen molar-refractivity contribution in [3.63, 3.8) is 0 Å². The monoisotopic (exact) mass is 461 g/mol. The van der Waals surface area contributed by atoms with Gasteiger partial charge in [-0.25, -0.2) is 17.5 Å². The number of rotatable bonds is 11. The number of nitrogens with zero attached hydrogens (tertiary/aromatic N) is 2. The molecule has 3 rings (SSSR count). The third-order valence-corrected chi connectivity index (χ3v) is 7.14. The maximum absolute atomic E-state index is 13.0. The lowest BCUT2D eigenvalue weighted by Gasteiger charge is -2.24. The first-order valence-electron chi connectivity index (χ1n) is 10.6. The minimum Gasteiger partial charge on any atom is -0.371 e. The summed E-state index contributed by atoms with van der Waals surface area (Å²) in [6.45, 7) is 2.39. The molecule has 1 aliphatic heterocycles. The molecule has 0 saturated carbocycles. The predicted octanol–water partition coefficient (Wildman–Crippen LogP) is 3.84. The minimum absolute atomic E-state index is 0.0657. The maximum atomic E-state index is 13.0. The van der Waals surface area contributed by atoms with Gasteiger partial charge in [0.25, 0.3) is 15.7 Å². The fourth-order valence-corrected chi connectivity index (χ4v) is 4.96. The number of non-ortho nitro benzene ring substituents is 1. The molecule has 0 spiro atoms. The molecule has 0 unspecified atom stereocenters. The van der Waals surface area contributed by atoms with Crippen LogP contribution in [0.1, 0.15) is 38.2 Å². The van der Waals surface area contributed by atoms with Crippen LogP contribution < -0.4 is 5.32 Å². The van der Waals surface area contributed by atoms with Crippen LogP contribution in [-0.2, 0) is 21.4 Å². The predicted molar refractivity (Wildman–Crippen MR) is 118 cm³/mol. The second kappa shape index (κ2) is 10.6. The van der Waals surface area contributed by atoms with Crippen molar-refractivity contribution in [3.8, 4) is 0 Å². The summed E-state index contributed by atoms with van der Waals surface area (Å²) in [6, 6.07) is 12.9. The van der Waals surface area contributed by atoms with Crippen LogP contribution in [0.3, 0.4) is 0 Å². The molecule has 2 atom stereocenters. The molecule has 1 fully saturated rings. The van der Waals surface area contributed by atoms with Gasteiger partial charge in [-0.3, -0.25) is 10.1 Å². The Morgan fingerprint density at radius 2 is 1.84 bits per heavy atom. The van der Waals surface area contributed by atoms with Crippen LogP contribution in [0.25, 0.3) is 0 Å². The molecule has 0 aliphatic carbocycles. The SMILES string of the molecule is CCCCC[C@@H](OCc1ccccc1)[C@@H]1CN(S(=O)(=O)c2ccc([N+](=O)[O-])cc2)C(=O)N1. The Kier molecular flexibility index (Phi) is 7.81. The van der Waals surface area contributed by atoms with Gasteiger partial charge in [0, 0.05) is 12.1 Å². The number of carbonyl (C=O) groups is 1. The highest BCUT2D eigenvalue weighted by molar-refractivity contribution is 7.89. The molecule has 172 valence electrons. The molecule has 2 aromatic carbocycles. The number of nitro benzene ring substituents is 1. The number of hydrogen-bond donors (Lipinski definition) is 1. The van der Waals surface area contributed by atoms with Crippen LogP contribution in [0, 0.1) is 10.1 Å². The third kappa shape index (κ3) is 5.63. The van der Waals surface area contributed by atoms with Gasteiger partial charge in [-0.1, -0.05) is 56.5 Å². The van der Waals surface area contributed by atoms with E-state index in [9.17, 15) is 23.3 Å². The molecule has 2 amide bonds.